The normalized spacial score (nSPS) is 25.5. The molecule has 0 aromatic carbocycles. The first-order chi connectivity index (χ1) is 4.67. The summed E-state index contributed by atoms with van der Waals surface area (Å²) < 4.78 is 2.74. The Labute approximate surface area is 65.5 Å². The number of hydrogen-bond donors (Lipinski definition) is 0. The average molecular weight is 157 g/mol. The SMILES string of the molecule is CCCN1CCC[Si]1(C)C. The second-order valence-electron chi connectivity index (χ2n) is 3.90. The first kappa shape index (κ1) is 8.28. The fourth-order valence-electron chi connectivity index (χ4n) is 1.85. The molecule has 1 nitrogen and oxygen atoms in total. The number of nitrogens with zero attached hydrogens (tertiary/aromatic N) is 1. The van der Waals surface area contributed by atoms with E-state index in [0.717, 1.165) is 0 Å². The lowest BCUT2D eigenvalue weighted by molar-refractivity contribution is 0.456. The molecule has 10 heavy (non-hydrogen) atoms. The highest BCUT2D eigenvalue weighted by Gasteiger charge is 2.32. The zero-order valence-corrected chi connectivity index (χ0v) is 8.48. The molecule has 0 aliphatic carbocycles. The molecular weight excluding hydrogens is 138 g/mol. The monoisotopic (exact) mass is 157 g/mol. The Balaban J connectivity index is 2.43. The summed E-state index contributed by atoms with van der Waals surface area (Å²) in [4.78, 5) is 0. The number of rotatable bonds is 2. The molecular formula is C8H19NSi. The predicted molar refractivity (Wildman–Crippen MR) is 48.8 cm³/mol. The first-order valence-corrected chi connectivity index (χ1v) is 7.57. The lowest BCUT2D eigenvalue weighted by Crippen LogP contribution is -2.43. The van der Waals surface area contributed by atoms with Crippen LogP contribution in [0.25, 0.3) is 0 Å². The van der Waals surface area contributed by atoms with Crippen LogP contribution in [0.1, 0.15) is 19.8 Å². The van der Waals surface area contributed by atoms with Crippen molar-refractivity contribution in [2.75, 3.05) is 13.1 Å². The van der Waals surface area contributed by atoms with Gasteiger partial charge in [-0.15, -0.1) is 0 Å². The summed E-state index contributed by atoms with van der Waals surface area (Å²) in [6.45, 7) is 10.0. The Bertz CT molecular complexity index is 112. The molecule has 0 amide bonds. The van der Waals surface area contributed by atoms with Gasteiger partial charge in [0.05, 0.1) is 0 Å². The quantitative estimate of drug-likeness (QED) is 0.556. The van der Waals surface area contributed by atoms with E-state index < -0.39 is 8.24 Å². The molecule has 0 bridgehead atoms. The predicted octanol–water partition coefficient (Wildman–Crippen LogP) is 2.31. The van der Waals surface area contributed by atoms with Crippen molar-refractivity contribution in [2.45, 2.75) is 38.9 Å². The Morgan fingerprint density at radius 2 is 2.10 bits per heavy atom. The lowest BCUT2D eigenvalue weighted by Gasteiger charge is -2.28. The van der Waals surface area contributed by atoms with E-state index in [1.54, 1.807) is 0 Å². The Hall–Kier alpha value is 0.177. The first-order valence-electron chi connectivity index (χ1n) is 4.42. The molecule has 0 N–H and O–H groups in total. The third-order valence-corrected chi connectivity index (χ3v) is 6.30. The van der Waals surface area contributed by atoms with Crippen LogP contribution < -0.4 is 0 Å². The minimum absolute atomic E-state index is 0.857. The molecule has 1 saturated heterocycles. The van der Waals surface area contributed by atoms with Gasteiger partial charge in [-0.1, -0.05) is 20.0 Å². The van der Waals surface area contributed by atoms with E-state index in [1.807, 2.05) is 0 Å². The second kappa shape index (κ2) is 3.05. The zero-order valence-electron chi connectivity index (χ0n) is 7.48. The zero-order chi connectivity index (χ0) is 7.61. The van der Waals surface area contributed by atoms with Crippen LogP contribution in [0, 0.1) is 0 Å². The van der Waals surface area contributed by atoms with Crippen molar-refractivity contribution in [3.8, 4) is 0 Å². The largest absolute Gasteiger partial charge is 0.324 e. The van der Waals surface area contributed by atoms with Gasteiger partial charge in [0.1, 0.15) is 8.24 Å². The van der Waals surface area contributed by atoms with Crippen molar-refractivity contribution in [3.63, 3.8) is 0 Å². The molecule has 0 aromatic heterocycles. The van der Waals surface area contributed by atoms with Gasteiger partial charge in [0.15, 0.2) is 0 Å². The van der Waals surface area contributed by atoms with Crippen LogP contribution in [-0.2, 0) is 0 Å². The highest BCUT2D eigenvalue weighted by molar-refractivity contribution is 6.75. The van der Waals surface area contributed by atoms with Gasteiger partial charge in [-0.05, 0) is 32.0 Å². The maximum Gasteiger partial charge on any atom is 0.122 e. The molecule has 0 atom stereocenters. The molecule has 1 aliphatic heterocycles. The van der Waals surface area contributed by atoms with Crippen LogP contribution >= 0.6 is 0 Å². The summed E-state index contributed by atoms with van der Waals surface area (Å²) in [6.07, 6.45) is 2.79. The van der Waals surface area contributed by atoms with Gasteiger partial charge in [0, 0.05) is 0 Å². The minimum Gasteiger partial charge on any atom is -0.324 e. The van der Waals surface area contributed by atoms with E-state index in [1.165, 1.54) is 32.0 Å². The highest BCUT2D eigenvalue weighted by Crippen LogP contribution is 2.25. The molecule has 1 rings (SSSR count). The summed E-state index contributed by atoms with van der Waals surface area (Å²) in [5, 5.41) is 0. The van der Waals surface area contributed by atoms with Crippen molar-refractivity contribution in [1.82, 2.24) is 4.57 Å². The van der Waals surface area contributed by atoms with Crippen LogP contribution in [0.2, 0.25) is 19.1 Å². The van der Waals surface area contributed by atoms with Gasteiger partial charge in [0.25, 0.3) is 0 Å². The lowest BCUT2D eigenvalue weighted by atomic mass is 10.4. The van der Waals surface area contributed by atoms with Gasteiger partial charge < -0.3 is 4.57 Å². The van der Waals surface area contributed by atoms with Crippen molar-refractivity contribution in [2.24, 2.45) is 0 Å². The molecule has 1 fully saturated rings. The third kappa shape index (κ3) is 1.61. The van der Waals surface area contributed by atoms with Crippen molar-refractivity contribution in [1.29, 1.82) is 0 Å². The Morgan fingerprint density at radius 3 is 2.50 bits per heavy atom. The average Bonchev–Trinajstić information content (AvgIpc) is 2.13. The molecule has 2 heteroatoms. The maximum absolute atomic E-state index is 2.74. The van der Waals surface area contributed by atoms with Gasteiger partial charge in [-0.25, -0.2) is 0 Å². The van der Waals surface area contributed by atoms with E-state index in [9.17, 15) is 0 Å². The summed E-state index contributed by atoms with van der Waals surface area (Å²) in [6, 6.07) is 1.52. The van der Waals surface area contributed by atoms with E-state index in [4.69, 9.17) is 0 Å². The van der Waals surface area contributed by atoms with Gasteiger partial charge in [0.2, 0.25) is 0 Å². The van der Waals surface area contributed by atoms with Gasteiger partial charge >= 0.3 is 0 Å². The third-order valence-electron chi connectivity index (χ3n) is 2.57. The standard InChI is InChI=1S/C8H19NSi/c1-4-6-9-7-5-8-10(9,2)3/h4-8H2,1-3H3. The molecule has 0 radical (unpaired) electrons. The molecule has 0 spiro atoms. The van der Waals surface area contributed by atoms with Gasteiger partial charge in [-0.3, -0.25) is 0 Å². The Morgan fingerprint density at radius 1 is 1.40 bits per heavy atom. The van der Waals surface area contributed by atoms with Crippen molar-refractivity contribution < 1.29 is 0 Å². The summed E-state index contributed by atoms with van der Waals surface area (Å²) in [7, 11) is -0.857. The van der Waals surface area contributed by atoms with Crippen LogP contribution in [-0.4, -0.2) is 25.9 Å². The topological polar surface area (TPSA) is 3.24 Å². The van der Waals surface area contributed by atoms with E-state index in [2.05, 4.69) is 24.6 Å². The summed E-state index contributed by atoms with van der Waals surface area (Å²) in [5.74, 6) is 0. The molecule has 60 valence electrons. The van der Waals surface area contributed by atoms with E-state index in [0.29, 0.717) is 0 Å². The molecule has 0 saturated carbocycles. The van der Waals surface area contributed by atoms with Crippen LogP contribution in [0.5, 0.6) is 0 Å². The Kier molecular flexibility index (Phi) is 2.53. The van der Waals surface area contributed by atoms with Gasteiger partial charge in [-0.2, -0.15) is 0 Å². The smallest absolute Gasteiger partial charge is 0.122 e. The molecule has 0 aromatic rings. The van der Waals surface area contributed by atoms with E-state index >= 15 is 0 Å². The molecule has 1 aliphatic rings. The maximum atomic E-state index is 2.74. The molecule has 1 heterocycles. The van der Waals surface area contributed by atoms with E-state index in [-0.39, 0.29) is 0 Å². The second-order valence-corrected chi connectivity index (χ2v) is 8.66. The number of hydrogen-bond acceptors (Lipinski definition) is 1. The van der Waals surface area contributed by atoms with Crippen molar-refractivity contribution >= 4 is 8.24 Å². The van der Waals surface area contributed by atoms with Crippen LogP contribution in [0.15, 0.2) is 0 Å². The highest BCUT2D eigenvalue weighted by atomic mass is 28.3. The van der Waals surface area contributed by atoms with Crippen LogP contribution in [0.4, 0.5) is 0 Å². The summed E-state index contributed by atoms with van der Waals surface area (Å²) >= 11 is 0. The minimum atomic E-state index is -0.857. The van der Waals surface area contributed by atoms with Crippen molar-refractivity contribution in [3.05, 3.63) is 0 Å². The van der Waals surface area contributed by atoms with Crippen LogP contribution in [0.3, 0.4) is 0 Å². The summed E-state index contributed by atoms with van der Waals surface area (Å²) in [5.41, 5.74) is 0. The fraction of sp³-hybridized carbons (Fsp3) is 1.00. The molecule has 0 unspecified atom stereocenters. The fourth-order valence-corrected chi connectivity index (χ4v) is 4.78.